The second-order valence-electron chi connectivity index (χ2n) is 4.18. The Morgan fingerprint density at radius 2 is 2.40 bits per heavy atom. The minimum absolute atomic E-state index is 0.180. The summed E-state index contributed by atoms with van der Waals surface area (Å²) >= 11 is 0. The lowest BCUT2D eigenvalue weighted by molar-refractivity contribution is -0.127. The number of amides is 1. The van der Waals surface area contributed by atoms with Crippen molar-refractivity contribution in [3.05, 3.63) is 0 Å². The number of hydrogen-bond acceptors (Lipinski definition) is 3. The van der Waals surface area contributed by atoms with E-state index in [1.54, 1.807) is 14.0 Å². The van der Waals surface area contributed by atoms with Gasteiger partial charge in [0.05, 0.1) is 6.61 Å². The van der Waals surface area contributed by atoms with Crippen molar-refractivity contribution in [1.29, 1.82) is 0 Å². The SMILES string of the molecule is CCC(COC)NC1CCN(C(C)=O)C1. The van der Waals surface area contributed by atoms with Crippen LogP contribution in [0.15, 0.2) is 0 Å². The highest BCUT2D eigenvalue weighted by atomic mass is 16.5. The van der Waals surface area contributed by atoms with Crippen LogP contribution in [0.4, 0.5) is 0 Å². The summed E-state index contributed by atoms with van der Waals surface area (Å²) in [5.41, 5.74) is 0. The van der Waals surface area contributed by atoms with Crippen molar-refractivity contribution in [3.63, 3.8) is 0 Å². The molecule has 0 aliphatic carbocycles. The number of nitrogens with zero attached hydrogens (tertiary/aromatic N) is 1. The number of rotatable bonds is 5. The second-order valence-corrected chi connectivity index (χ2v) is 4.18. The average Bonchev–Trinajstić information content (AvgIpc) is 2.65. The first-order chi connectivity index (χ1) is 7.17. The van der Waals surface area contributed by atoms with Crippen molar-refractivity contribution in [3.8, 4) is 0 Å². The highest BCUT2D eigenvalue weighted by Crippen LogP contribution is 2.10. The van der Waals surface area contributed by atoms with Gasteiger partial charge in [0.1, 0.15) is 0 Å². The van der Waals surface area contributed by atoms with Gasteiger partial charge in [-0.05, 0) is 12.8 Å². The van der Waals surface area contributed by atoms with E-state index in [1.165, 1.54) is 0 Å². The lowest BCUT2D eigenvalue weighted by atomic mass is 10.2. The van der Waals surface area contributed by atoms with Gasteiger partial charge in [-0.25, -0.2) is 0 Å². The number of likely N-dealkylation sites (tertiary alicyclic amines) is 1. The Bertz CT molecular complexity index is 209. The number of nitrogens with one attached hydrogen (secondary N) is 1. The second kappa shape index (κ2) is 6.08. The van der Waals surface area contributed by atoms with Crippen LogP contribution in [0.5, 0.6) is 0 Å². The predicted molar refractivity (Wildman–Crippen MR) is 59.7 cm³/mol. The molecule has 1 N–H and O–H groups in total. The monoisotopic (exact) mass is 214 g/mol. The first-order valence-electron chi connectivity index (χ1n) is 5.67. The molecule has 0 saturated carbocycles. The first kappa shape index (κ1) is 12.5. The molecule has 1 aliphatic heterocycles. The maximum absolute atomic E-state index is 11.1. The molecule has 88 valence electrons. The van der Waals surface area contributed by atoms with Crippen molar-refractivity contribution >= 4 is 5.91 Å². The molecule has 1 amide bonds. The molecular weight excluding hydrogens is 192 g/mol. The molecule has 15 heavy (non-hydrogen) atoms. The molecule has 0 radical (unpaired) electrons. The number of methoxy groups -OCH3 is 1. The van der Waals surface area contributed by atoms with Crippen LogP contribution in [0.25, 0.3) is 0 Å². The maximum Gasteiger partial charge on any atom is 0.219 e. The molecule has 0 aromatic carbocycles. The van der Waals surface area contributed by atoms with Gasteiger partial charge in [-0.3, -0.25) is 4.79 Å². The Labute approximate surface area is 92.0 Å². The molecule has 0 aromatic heterocycles. The Hall–Kier alpha value is -0.610. The summed E-state index contributed by atoms with van der Waals surface area (Å²) in [6.45, 7) is 6.25. The Morgan fingerprint density at radius 3 is 2.87 bits per heavy atom. The summed E-state index contributed by atoms with van der Waals surface area (Å²) in [5, 5.41) is 3.53. The van der Waals surface area contributed by atoms with Gasteiger partial charge in [-0.2, -0.15) is 0 Å². The van der Waals surface area contributed by atoms with Crippen molar-refractivity contribution in [1.82, 2.24) is 10.2 Å². The summed E-state index contributed by atoms with van der Waals surface area (Å²) in [7, 11) is 1.72. The van der Waals surface area contributed by atoms with Gasteiger partial charge in [-0.15, -0.1) is 0 Å². The van der Waals surface area contributed by atoms with Crippen molar-refractivity contribution in [2.45, 2.75) is 38.8 Å². The molecule has 1 saturated heterocycles. The van der Waals surface area contributed by atoms with Gasteiger partial charge in [0, 0.05) is 39.2 Å². The van der Waals surface area contributed by atoms with E-state index in [1.807, 2.05) is 4.90 Å². The lowest BCUT2D eigenvalue weighted by Crippen LogP contribution is -2.42. The van der Waals surface area contributed by atoms with E-state index in [2.05, 4.69) is 12.2 Å². The van der Waals surface area contributed by atoms with Crippen LogP contribution >= 0.6 is 0 Å². The predicted octanol–water partition coefficient (Wildman–Crippen LogP) is 0.622. The summed E-state index contributed by atoms with van der Waals surface area (Å²) in [5.74, 6) is 0.180. The van der Waals surface area contributed by atoms with Crippen molar-refractivity contribution in [2.75, 3.05) is 26.8 Å². The highest BCUT2D eigenvalue weighted by Gasteiger charge is 2.25. The standard InChI is InChI=1S/C11H22N2O2/c1-4-10(8-15-3)12-11-5-6-13(7-11)9(2)14/h10-12H,4-8H2,1-3H3. The smallest absolute Gasteiger partial charge is 0.219 e. The lowest BCUT2D eigenvalue weighted by Gasteiger charge is -2.21. The highest BCUT2D eigenvalue weighted by molar-refractivity contribution is 5.73. The van der Waals surface area contributed by atoms with Crippen LogP contribution in [-0.2, 0) is 9.53 Å². The Kier molecular flexibility index (Phi) is 5.05. The van der Waals surface area contributed by atoms with Gasteiger partial charge in [0.25, 0.3) is 0 Å². The Morgan fingerprint density at radius 1 is 1.67 bits per heavy atom. The summed E-state index contributed by atoms with van der Waals surface area (Å²) in [4.78, 5) is 13.0. The van der Waals surface area contributed by atoms with E-state index in [-0.39, 0.29) is 5.91 Å². The molecule has 1 heterocycles. The third-order valence-electron chi connectivity index (χ3n) is 2.97. The van der Waals surface area contributed by atoms with Crippen LogP contribution in [0.3, 0.4) is 0 Å². The summed E-state index contributed by atoms with van der Waals surface area (Å²) < 4.78 is 5.14. The zero-order chi connectivity index (χ0) is 11.3. The molecule has 0 spiro atoms. The molecular formula is C11H22N2O2. The molecule has 4 nitrogen and oxygen atoms in total. The minimum atomic E-state index is 0.180. The normalized spacial score (nSPS) is 23.1. The van der Waals surface area contributed by atoms with E-state index in [0.717, 1.165) is 32.5 Å². The number of hydrogen-bond donors (Lipinski definition) is 1. The zero-order valence-electron chi connectivity index (χ0n) is 9.95. The molecule has 1 fully saturated rings. The molecule has 1 rings (SSSR count). The largest absolute Gasteiger partial charge is 0.383 e. The number of carbonyl (C=O) groups is 1. The quantitative estimate of drug-likeness (QED) is 0.729. The molecule has 0 aromatic rings. The van der Waals surface area contributed by atoms with Gasteiger partial charge >= 0.3 is 0 Å². The van der Waals surface area contributed by atoms with Crippen molar-refractivity contribution < 1.29 is 9.53 Å². The Balaban J connectivity index is 2.30. The van der Waals surface area contributed by atoms with Gasteiger partial charge in [0.2, 0.25) is 5.91 Å². The van der Waals surface area contributed by atoms with Crippen LogP contribution in [0.2, 0.25) is 0 Å². The molecule has 1 aliphatic rings. The fourth-order valence-electron chi connectivity index (χ4n) is 2.00. The fourth-order valence-corrected chi connectivity index (χ4v) is 2.00. The van der Waals surface area contributed by atoms with Crippen LogP contribution in [-0.4, -0.2) is 49.7 Å². The topological polar surface area (TPSA) is 41.6 Å². The summed E-state index contributed by atoms with van der Waals surface area (Å²) in [6, 6.07) is 0.848. The molecule has 2 unspecified atom stereocenters. The number of carbonyl (C=O) groups excluding carboxylic acids is 1. The van der Waals surface area contributed by atoms with Gasteiger partial charge < -0.3 is 15.0 Å². The average molecular weight is 214 g/mol. The molecule has 4 heteroatoms. The fraction of sp³-hybridized carbons (Fsp3) is 0.909. The molecule has 0 bridgehead atoms. The van der Waals surface area contributed by atoms with E-state index < -0.39 is 0 Å². The summed E-state index contributed by atoms with van der Waals surface area (Å²) in [6.07, 6.45) is 2.12. The number of ether oxygens (including phenoxy) is 1. The third kappa shape index (κ3) is 3.80. The van der Waals surface area contributed by atoms with E-state index in [0.29, 0.717) is 12.1 Å². The van der Waals surface area contributed by atoms with Gasteiger partial charge in [0.15, 0.2) is 0 Å². The minimum Gasteiger partial charge on any atom is -0.383 e. The van der Waals surface area contributed by atoms with Crippen LogP contribution in [0, 0.1) is 0 Å². The van der Waals surface area contributed by atoms with E-state index in [9.17, 15) is 4.79 Å². The van der Waals surface area contributed by atoms with Crippen molar-refractivity contribution in [2.24, 2.45) is 0 Å². The maximum atomic E-state index is 11.1. The first-order valence-corrected chi connectivity index (χ1v) is 5.67. The van der Waals surface area contributed by atoms with Crippen LogP contribution < -0.4 is 5.32 Å². The van der Waals surface area contributed by atoms with Gasteiger partial charge in [-0.1, -0.05) is 6.92 Å². The van der Waals surface area contributed by atoms with Crippen LogP contribution in [0.1, 0.15) is 26.7 Å². The third-order valence-corrected chi connectivity index (χ3v) is 2.97. The zero-order valence-corrected chi connectivity index (χ0v) is 9.95. The molecule has 2 atom stereocenters. The van der Waals surface area contributed by atoms with E-state index >= 15 is 0 Å². The van der Waals surface area contributed by atoms with E-state index in [4.69, 9.17) is 4.74 Å².